The van der Waals surface area contributed by atoms with Crippen LogP contribution in [0.3, 0.4) is 0 Å². The monoisotopic (exact) mass is 415 g/mol. The lowest BCUT2D eigenvalue weighted by Gasteiger charge is -2.10. The molecule has 0 aliphatic rings. The number of rotatable bonds is 1. The molecular weight excluding hydrogens is 397 g/mol. The lowest BCUT2D eigenvalue weighted by Crippen LogP contribution is -1.92. The van der Waals surface area contributed by atoms with Crippen LogP contribution in [0.25, 0.3) is 33.1 Å². The van der Waals surface area contributed by atoms with Crippen LogP contribution in [0.5, 0.6) is 0 Å². The van der Waals surface area contributed by atoms with Crippen LogP contribution in [-0.4, -0.2) is 9.97 Å². The van der Waals surface area contributed by atoms with Gasteiger partial charge in [-0.05, 0) is 48.9 Å². The first-order valence-corrected chi connectivity index (χ1v) is 9.83. The Hall–Kier alpha value is -3.50. The highest BCUT2D eigenvalue weighted by Gasteiger charge is 2.11. The van der Waals surface area contributed by atoms with E-state index >= 15 is 0 Å². The number of nitrogens with zero attached hydrogens (tertiary/aromatic N) is 2. The molecule has 5 rings (SSSR count). The summed E-state index contributed by atoms with van der Waals surface area (Å²) >= 11 is 6.39. The predicted molar refractivity (Wildman–Crippen MR) is 123 cm³/mol. The summed E-state index contributed by atoms with van der Waals surface area (Å²) in [4.78, 5) is 8.75. The third kappa shape index (κ3) is 4.09. The molecule has 0 aliphatic carbocycles. The van der Waals surface area contributed by atoms with E-state index in [9.17, 15) is 4.39 Å². The molecule has 0 amide bonds. The molecule has 3 aromatic carbocycles. The number of nitrogen functional groups attached to an aromatic ring is 1. The van der Waals surface area contributed by atoms with Gasteiger partial charge in [-0.2, -0.15) is 0 Å². The molecule has 0 unspecified atom stereocenters. The Labute approximate surface area is 179 Å². The molecule has 2 aromatic heterocycles. The van der Waals surface area contributed by atoms with Crippen molar-refractivity contribution in [2.24, 2.45) is 0 Å². The minimum Gasteiger partial charge on any atom is -0.384 e. The van der Waals surface area contributed by atoms with Crippen LogP contribution in [0.1, 0.15) is 5.56 Å². The van der Waals surface area contributed by atoms with E-state index in [1.54, 1.807) is 6.07 Å². The van der Waals surface area contributed by atoms with Crippen molar-refractivity contribution in [2.45, 2.75) is 6.92 Å². The summed E-state index contributed by atoms with van der Waals surface area (Å²) in [6, 6.07) is 25.8. The third-order valence-electron chi connectivity index (χ3n) is 4.78. The van der Waals surface area contributed by atoms with Gasteiger partial charge in [-0.3, -0.25) is 0 Å². The van der Waals surface area contributed by atoms with Gasteiger partial charge in [0.2, 0.25) is 0 Å². The van der Waals surface area contributed by atoms with Crippen LogP contribution in [0.2, 0.25) is 5.02 Å². The molecule has 0 saturated heterocycles. The van der Waals surface area contributed by atoms with Crippen molar-refractivity contribution in [3.63, 3.8) is 0 Å². The smallest absolute Gasteiger partial charge is 0.124 e. The average Bonchev–Trinajstić information content (AvgIpc) is 2.76. The highest BCUT2D eigenvalue weighted by atomic mass is 35.5. The molecule has 5 heteroatoms. The minimum atomic E-state index is -0.275. The Balaban J connectivity index is 0.000000168. The Morgan fingerprint density at radius 3 is 2.33 bits per heavy atom. The van der Waals surface area contributed by atoms with E-state index in [2.05, 4.69) is 9.97 Å². The summed E-state index contributed by atoms with van der Waals surface area (Å²) in [5, 5.41) is 2.72. The van der Waals surface area contributed by atoms with E-state index in [0.717, 1.165) is 38.6 Å². The van der Waals surface area contributed by atoms with Gasteiger partial charge in [0.15, 0.2) is 0 Å². The van der Waals surface area contributed by atoms with Crippen molar-refractivity contribution in [3.8, 4) is 11.3 Å². The molecule has 148 valence electrons. The number of para-hydroxylation sites is 2. The first kappa shape index (κ1) is 19.8. The highest BCUT2D eigenvalue weighted by molar-refractivity contribution is 6.36. The predicted octanol–water partition coefficient (Wildman–Crippen LogP) is 6.82. The Morgan fingerprint density at radius 1 is 0.800 bits per heavy atom. The Bertz CT molecular complexity index is 1350. The maximum absolute atomic E-state index is 13.3. The number of fused-ring (bicyclic) bond motifs is 2. The van der Waals surface area contributed by atoms with Crippen LogP contribution in [0.4, 0.5) is 10.2 Å². The summed E-state index contributed by atoms with van der Waals surface area (Å²) < 4.78 is 13.3. The van der Waals surface area contributed by atoms with Crippen molar-refractivity contribution >= 4 is 39.2 Å². The molecule has 0 atom stereocenters. The molecule has 0 fully saturated rings. The third-order valence-corrected chi connectivity index (χ3v) is 5.26. The lowest BCUT2D eigenvalue weighted by molar-refractivity contribution is 0.628. The summed E-state index contributed by atoms with van der Waals surface area (Å²) in [6.07, 6.45) is 0. The molecule has 2 heterocycles. The van der Waals surface area contributed by atoms with Crippen LogP contribution in [-0.2, 0) is 0 Å². The number of benzene rings is 3. The normalized spacial score (nSPS) is 10.6. The molecule has 30 heavy (non-hydrogen) atoms. The quantitative estimate of drug-likeness (QED) is 0.327. The number of nitrogens with two attached hydrogens (primary N) is 1. The minimum absolute atomic E-state index is 0.275. The van der Waals surface area contributed by atoms with Crippen molar-refractivity contribution < 1.29 is 4.39 Å². The Morgan fingerprint density at radius 2 is 1.53 bits per heavy atom. The zero-order valence-corrected chi connectivity index (χ0v) is 17.1. The molecule has 2 N–H and O–H groups in total. The largest absolute Gasteiger partial charge is 0.384 e. The van der Waals surface area contributed by atoms with Crippen molar-refractivity contribution in [1.29, 1.82) is 0 Å². The van der Waals surface area contributed by atoms with Crippen molar-refractivity contribution in [1.82, 2.24) is 9.97 Å². The van der Waals surface area contributed by atoms with Gasteiger partial charge >= 0.3 is 0 Å². The Kier molecular flexibility index (Phi) is 5.59. The van der Waals surface area contributed by atoms with Crippen LogP contribution >= 0.6 is 11.6 Å². The highest BCUT2D eigenvalue weighted by Crippen LogP contribution is 2.32. The summed E-state index contributed by atoms with van der Waals surface area (Å²) in [5.41, 5.74) is 9.61. The van der Waals surface area contributed by atoms with Gasteiger partial charge in [0.1, 0.15) is 11.6 Å². The average molecular weight is 416 g/mol. The van der Waals surface area contributed by atoms with E-state index in [1.165, 1.54) is 12.1 Å². The first-order valence-electron chi connectivity index (χ1n) is 9.45. The number of halogens is 2. The van der Waals surface area contributed by atoms with Gasteiger partial charge in [0, 0.05) is 16.3 Å². The van der Waals surface area contributed by atoms with E-state index in [4.69, 9.17) is 17.3 Å². The van der Waals surface area contributed by atoms with Crippen LogP contribution < -0.4 is 5.73 Å². The molecule has 0 saturated carbocycles. The molecular formula is C25H19ClFN3. The second-order valence-corrected chi connectivity index (χ2v) is 7.23. The number of aromatic nitrogens is 2. The first-order chi connectivity index (χ1) is 14.5. The summed E-state index contributed by atoms with van der Waals surface area (Å²) in [7, 11) is 0. The molecule has 5 aromatic rings. The van der Waals surface area contributed by atoms with Gasteiger partial charge in [-0.1, -0.05) is 60.1 Å². The van der Waals surface area contributed by atoms with E-state index in [-0.39, 0.29) is 5.82 Å². The van der Waals surface area contributed by atoms with Gasteiger partial charge in [-0.15, -0.1) is 0 Å². The van der Waals surface area contributed by atoms with Crippen molar-refractivity contribution in [2.75, 3.05) is 5.73 Å². The zero-order valence-electron chi connectivity index (χ0n) is 16.3. The number of hydrogen-bond acceptors (Lipinski definition) is 3. The second-order valence-electron chi connectivity index (χ2n) is 6.86. The van der Waals surface area contributed by atoms with Crippen LogP contribution in [0.15, 0.2) is 84.9 Å². The SMILES string of the molecule is Cc1c(-c2cccc(F)c2)nc2ccccc2c1Cl.Nc1ccc2ccccc2n1. The maximum Gasteiger partial charge on any atom is 0.124 e. The topological polar surface area (TPSA) is 51.8 Å². The van der Waals surface area contributed by atoms with E-state index in [0.29, 0.717) is 10.8 Å². The zero-order chi connectivity index (χ0) is 21.1. The fourth-order valence-electron chi connectivity index (χ4n) is 3.27. The second kappa shape index (κ2) is 8.47. The molecule has 0 spiro atoms. The fraction of sp³-hybridized carbons (Fsp3) is 0.0400. The number of hydrogen-bond donors (Lipinski definition) is 1. The van der Waals surface area contributed by atoms with E-state index < -0.39 is 0 Å². The summed E-state index contributed by atoms with van der Waals surface area (Å²) in [5.74, 6) is 0.298. The van der Waals surface area contributed by atoms with E-state index in [1.807, 2.05) is 73.7 Å². The molecule has 0 radical (unpaired) electrons. The van der Waals surface area contributed by atoms with Gasteiger partial charge in [0.25, 0.3) is 0 Å². The number of pyridine rings is 2. The fourth-order valence-corrected chi connectivity index (χ4v) is 3.51. The summed E-state index contributed by atoms with van der Waals surface area (Å²) in [6.45, 7) is 1.90. The number of anilines is 1. The van der Waals surface area contributed by atoms with Crippen LogP contribution in [0, 0.1) is 12.7 Å². The lowest BCUT2D eigenvalue weighted by atomic mass is 10.0. The molecule has 3 nitrogen and oxygen atoms in total. The van der Waals surface area contributed by atoms with Crippen molar-refractivity contribution in [3.05, 3.63) is 101 Å². The van der Waals surface area contributed by atoms with Gasteiger partial charge in [0.05, 0.1) is 21.7 Å². The molecule has 0 bridgehead atoms. The maximum atomic E-state index is 13.3. The standard InChI is InChI=1S/C16H11ClFN.C9H8N2/c1-10-15(17)13-7-2-3-8-14(13)19-16(10)11-5-4-6-12(18)9-11;10-9-6-5-7-3-1-2-4-8(7)11-9/h2-9H,1H3;1-6H,(H2,10,11). The van der Waals surface area contributed by atoms with Gasteiger partial charge < -0.3 is 5.73 Å². The van der Waals surface area contributed by atoms with Gasteiger partial charge in [-0.25, -0.2) is 14.4 Å². The molecule has 0 aliphatic heterocycles.